The third-order valence-corrected chi connectivity index (χ3v) is 3.66. The van der Waals surface area contributed by atoms with Gasteiger partial charge in [-0.2, -0.15) is 5.10 Å². The fourth-order valence-corrected chi connectivity index (χ4v) is 2.40. The van der Waals surface area contributed by atoms with Gasteiger partial charge in [0.25, 0.3) is 0 Å². The molecule has 0 spiro atoms. The summed E-state index contributed by atoms with van der Waals surface area (Å²) in [6, 6.07) is 5.17. The molecule has 2 rings (SSSR count). The van der Waals surface area contributed by atoms with E-state index in [1.54, 1.807) is 19.1 Å². The number of thiophene rings is 1. The summed E-state index contributed by atoms with van der Waals surface area (Å²) in [6.07, 6.45) is 0. The maximum absolute atomic E-state index is 10.8. The summed E-state index contributed by atoms with van der Waals surface area (Å²) >= 11 is 1.18. The van der Waals surface area contributed by atoms with Crippen molar-refractivity contribution in [3.8, 4) is 0 Å². The molecule has 6 nitrogen and oxygen atoms in total. The Bertz CT molecular complexity index is 659. The zero-order chi connectivity index (χ0) is 14.7. The highest BCUT2D eigenvalue weighted by molar-refractivity contribution is 7.15. The van der Waals surface area contributed by atoms with Gasteiger partial charge in [-0.1, -0.05) is 0 Å². The van der Waals surface area contributed by atoms with Crippen LogP contribution >= 0.6 is 11.3 Å². The highest BCUT2D eigenvalue weighted by Gasteiger charge is 2.08. The second kappa shape index (κ2) is 5.79. The zero-order valence-electron chi connectivity index (χ0n) is 11.3. The fraction of sp³-hybridized carbons (Fsp3) is 0.231. The van der Waals surface area contributed by atoms with Crippen molar-refractivity contribution in [1.29, 1.82) is 0 Å². The Morgan fingerprint density at radius 2 is 1.85 bits per heavy atom. The number of aryl methyl sites for hydroxylation is 2. The first-order chi connectivity index (χ1) is 9.45. The lowest BCUT2D eigenvalue weighted by molar-refractivity contribution is 0.0702. The molecule has 7 heteroatoms. The number of rotatable bonds is 4. The highest BCUT2D eigenvalue weighted by atomic mass is 32.1. The second-order valence-electron chi connectivity index (χ2n) is 4.25. The molecule has 0 aromatic carbocycles. The Morgan fingerprint density at radius 3 is 2.40 bits per heavy atom. The van der Waals surface area contributed by atoms with E-state index in [1.807, 2.05) is 19.9 Å². The lowest BCUT2D eigenvalue weighted by atomic mass is 10.3. The second-order valence-corrected chi connectivity index (χ2v) is 5.34. The number of nitrogens with one attached hydrogen (secondary N) is 1. The molecular weight excluding hydrogens is 276 g/mol. The smallest absolute Gasteiger partial charge is 0.345 e. The van der Waals surface area contributed by atoms with Crippen LogP contribution in [0.1, 0.15) is 32.9 Å². The molecule has 0 saturated heterocycles. The number of carbonyl (C=O) groups is 1. The number of nitrogens with zero attached hydrogens (tertiary/aromatic N) is 3. The molecule has 0 fully saturated rings. The summed E-state index contributed by atoms with van der Waals surface area (Å²) < 4.78 is 0. The van der Waals surface area contributed by atoms with Crippen molar-refractivity contribution in [2.24, 2.45) is 5.10 Å². The van der Waals surface area contributed by atoms with Crippen molar-refractivity contribution in [3.63, 3.8) is 0 Å². The van der Waals surface area contributed by atoms with Gasteiger partial charge in [-0.3, -0.25) is 0 Å². The molecule has 2 N–H and O–H groups in total. The maximum atomic E-state index is 10.8. The van der Waals surface area contributed by atoms with E-state index in [2.05, 4.69) is 20.5 Å². The number of carboxylic acids is 1. The predicted molar refractivity (Wildman–Crippen MR) is 78.6 cm³/mol. The number of aromatic carboxylic acids is 1. The topological polar surface area (TPSA) is 87.5 Å². The van der Waals surface area contributed by atoms with Crippen LogP contribution in [0.5, 0.6) is 0 Å². The van der Waals surface area contributed by atoms with Gasteiger partial charge in [0.1, 0.15) is 4.88 Å². The summed E-state index contributed by atoms with van der Waals surface area (Å²) in [7, 11) is 0. The summed E-state index contributed by atoms with van der Waals surface area (Å²) in [5.41, 5.74) is 5.19. The minimum absolute atomic E-state index is 0.289. The van der Waals surface area contributed by atoms with Gasteiger partial charge in [-0.15, -0.1) is 11.3 Å². The third kappa shape index (κ3) is 3.39. The van der Waals surface area contributed by atoms with E-state index in [0.717, 1.165) is 16.3 Å². The summed E-state index contributed by atoms with van der Waals surface area (Å²) in [4.78, 5) is 20.3. The van der Waals surface area contributed by atoms with Crippen LogP contribution in [0, 0.1) is 13.8 Å². The van der Waals surface area contributed by atoms with E-state index in [9.17, 15) is 4.79 Å². The van der Waals surface area contributed by atoms with Gasteiger partial charge in [0.05, 0.1) is 10.6 Å². The van der Waals surface area contributed by atoms with E-state index in [-0.39, 0.29) is 4.88 Å². The molecule has 0 bridgehead atoms. The average molecular weight is 290 g/mol. The molecule has 2 aromatic heterocycles. The summed E-state index contributed by atoms with van der Waals surface area (Å²) in [5.74, 6) is -0.503. The van der Waals surface area contributed by atoms with Gasteiger partial charge in [-0.05, 0) is 39.0 Å². The van der Waals surface area contributed by atoms with Crippen LogP contribution in [0.15, 0.2) is 23.3 Å². The number of hydrazone groups is 1. The molecule has 2 heterocycles. The van der Waals surface area contributed by atoms with Crippen LogP contribution in [0.4, 0.5) is 5.95 Å². The zero-order valence-corrected chi connectivity index (χ0v) is 12.2. The van der Waals surface area contributed by atoms with Crippen LogP contribution in [0.25, 0.3) is 0 Å². The highest BCUT2D eigenvalue weighted by Crippen LogP contribution is 2.17. The Hall–Kier alpha value is -2.28. The fourth-order valence-electron chi connectivity index (χ4n) is 1.61. The Morgan fingerprint density at radius 1 is 1.25 bits per heavy atom. The monoisotopic (exact) mass is 290 g/mol. The van der Waals surface area contributed by atoms with Crippen LogP contribution in [0.3, 0.4) is 0 Å². The van der Waals surface area contributed by atoms with Crippen molar-refractivity contribution >= 4 is 29.0 Å². The number of anilines is 1. The van der Waals surface area contributed by atoms with Gasteiger partial charge < -0.3 is 5.11 Å². The number of hydrogen-bond acceptors (Lipinski definition) is 6. The third-order valence-electron chi connectivity index (χ3n) is 2.48. The van der Waals surface area contributed by atoms with Crippen LogP contribution in [-0.4, -0.2) is 26.8 Å². The lowest BCUT2D eigenvalue weighted by Crippen LogP contribution is -2.02. The van der Waals surface area contributed by atoms with Crippen molar-refractivity contribution in [2.75, 3.05) is 5.43 Å². The van der Waals surface area contributed by atoms with Crippen LogP contribution in [0.2, 0.25) is 0 Å². The van der Waals surface area contributed by atoms with Gasteiger partial charge in [0.15, 0.2) is 0 Å². The molecular formula is C13H14N4O2S. The lowest BCUT2D eigenvalue weighted by Gasteiger charge is -2.02. The first-order valence-electron chi connectivity index (χ1n) is 5.92. The predicted octanol–water partition coefficient (Wildman–Crippen LogP) is 2.69. The molecule has 20 heavy (non-hydrogen) atoms. The van der Waals surface area contributed by atoms with E-state index in [4.69, 9.17) is 5.11 Å². The maximum Gasteiger partial charge on any atom is 0.345 e. The largest absolute Gasteiger partial charge is 0.477 e. The van der Waals surface area contributed by atoms with Crippen LogP contribution < -0.4 is 5.43 Å². The van der Waals surface area contributed by atoms with E-state index in [1.165, 1.54) is 11.3 Å². The molecule has 0 aliphatic heterocycles. The van der Waals surface area contributed by atoms with Gasteiger partial charge >= 0.3 is 5.97 Å². The molecule has 0 unspecified atom stereocenters. The van der Waals surface area contributed by atoms with E-state index >= 15 is 0 Å². The number of carboxylic acid groups (broad SMARTS) is 1. The Labute approximate surface area is 120 Å². The first-order valence-corrected chi connectivity index (χ1v) is 6.73. The van der Waals surface area contributed by atoms with E-state index < -0.39 is 5.97 Å². The molecule has 0 saturated carbocycles. The van der Waals surface area contributed by atoms with Crippen molar-refractivity contribution in [2.45, 2.75) is 20.8 Å². The van der Waals surface area contributed by atoms with E-state index in [0.29, 0.717) is 11.7 Å². The molecule has 2 aromatic rings. The molecule has 0 amide bonds. The quantitative estimate of drug-likeness (QED) is 0.667. The SMILES string of the molecule is C/C(=N/Nc1nc(C)cc(C)n1)c1ccc(C(=O)O)s1. The average Bonchev–Trinajstić information content (AvgIpc) is 2.84. The van der Waals surface area contributed by atoms with Gasteiger partial charge in [0, 0.05) is 11.4 Å². The summed E-state index contributed by atoms with van der Waals surface area (Å²) in [6.45, 7) is 5.57. The Balaban J connectivity index is 2.15. The molecule has 104 valence electrons. The minimum Gasteiger partial charge on any atom is -0.477 e. The summed E-state index contributed by atoms with van der Waals surface area (Å²) in [5, 5.41) is 13.1. The number of aromatic nitrogens is 2. The first kappa shape index (κ1) is 14.1. The standard InChI is InChI=1S/C13H14N4O2S/c1-7-6-8(2)15-13(14-7)17-16-9(3)10-4-5-11(20-10)12(18)19/h4-6H,1-3H3,(H,18,19)(H,14,15,17)/b16-9-. The number of hydrogen-bond donors (Lipinski definition) is 2. The van der Waals surface area contributed by atoms with Gasteiger partial charge in [0.2, 0.25) is 5.95 Å². The molecule has 0 atom stereocenters. The van der Waals surface area contributed by atoms with Crippen molar-refractivity contribution < 1.29 is 9.90 Å². The molecule has 0 aliphatic rings. The van der Waals surface area contributed by atoms with Gasteiger partial charge in [-0.25, -0.2) is 20.2 Å². The molecule has 0 aliphatic carbocycles. The van der Waals surface area contributed by atoms with Crippen molar-refractivity contribution in [3.05, 3.63) is 39.3 Å². The van der Waals surface area contributed by atoms with Crippen molar-refractivity contribution in [1.82, 2.24) is 9.97 Å². The Kier molecular flexibility index (Phi) is 4.09. The molecule has 0 radical (unpaired) electrons. The van der Waals surface area contributed by atoms with Crippen LogP contribution in [-0.2, 0) is 0 Å². The minimum atomic E-state index is -0.931. The normalized spacial score (nSPS) is 11.4.